The Hall–Kier alpha value is -2.77. The zero-order valence-corrected chi connectivity index (χ0v) is 12.8. The molecule has 1 aliphatic rings. The van der Waals surface area contributed by atoms with E-state index >= 15 is 0 Å². The molecule has 1 atom stereocenters. The van der Waals surface area contributed by atoms with Crippen LogP contribution in [-0.4, -0.2) is 37.2 Å². The summed E-state index contributed by atoms with van der Waals surface area (Å²) in [6, 6.07) is 3.59. The third-order valence-electron chi connectivity index (χ3n) is 3.12. The van der Waals surface area contributed by atoms with Gasteiger partial charge in [0.25, 0.3) is 5.91 Å². The molecular formula is C15H18N2O6. The molecule has 0 radical (unpaired) electrons. The van der Waals surface area contributed by atoms with Crippen LogP contribution in [-0.2, 0) is 9.53 Å². The number of urea groups is 1. The molecule has 1 heterocycles. The summed E-state index contributed by atoms with van der Waals surface area (Å²) in [5.41, 5.74) is 5.12. The second-order valence-corrected chi connectivity index (χ2v) is 5.28. The predicted octanol–water partition coefficient (Wildman–Crippen LogP) is 0.834. The highest BCUT2D eigenvalue weighted by molar-refractivity contribution is 5.98. The maximum absolute atomic E-state index is 12.2. The van der Waals surface area contributed by atoms with Crippen LogP contribution >= 0.6 is 0 Å². The number of ether oxygens (including phenoxy) is 3. The Morgan fingerprint density at radius 1 is 1.17 bits per heavy atom. The van der Waals surface area contributed by atoms with Gasteiger partial charge in [-0.25, -0.2) is 9.59 Å². The summed E-state index contributed by atoms with van der Waals surface area (Å²) < 4.78 is 16.0. The minimum absolute atomic E-state index is 0.215. The number of carbonyl (C=O) groups excluding carboxylic acids is 3. The van der Waals surface area contributed by atoms with Crippen molar-refractivity contribution in [2.75, 3.05) is 13.2 Å². The lowest BCUT2D eigenvalue weighted by Gasteiger charge is -2.21. The van der Waals surface area contributed by atoms with E-state index in [-0.39, 0.29) is 11.5 Å². The molecule has 23 heavy (non-hydrogen) atoms. The molecule has 1 aromatic rings. The third-order valence-corrected chi connectivity index (χ3v) is 3.12. The summed E-state index contributed by atoms with van der Waals surface area (Å²) >= 11 is 0. The Bertz CT molecular complexity index is 628. The predicted molar refractivity (Wildman–Crippen MR) is 79.2 cm³/mol. The molecule has 8 heteroatoms. The smallest absolute Gasteiger partial charge is 0.339 e. The van der Waals surface area contributed by atoms with Crippen molar-refractivity contribution in [1.82, 2.24) is 5.32 Å². The fourth-order valence-corrected chi connectivity index (χ4v) is 2.04. The van der Waals surface area contributed by atoms with Crippen LogP contribution in [0.5, 0.6) is 11.5 Å². The summed E-state index contributed by atoms with van der Waals surface area (Å²) in [6.45, 7) is 4.20. The molecule has 0 unspecified atom stereocenters. The Kier molecular flexibility index (Phi) is 5.05. The van der Waals surface area contributed by atoms with E-state index in [1.807, 2.05) is 5.32 Å². The van der Waals surface area contributed by atoms with Crippen LogP contribution < -0.4 is 20.5 Å². The molecule has 0 fully saturated rings. The third kappa shape index (κ3) is 4.12. The lowest BCUT2D eigenvalue weighted by molar-refractivity contribution is -0.130. The SMILES string of the molecule is CC(C)[C@H](OC(=O)c1ccc2c(c1)OCCO2)C(=O)NC(N)=O. The van der Waals surface area contributed by atoms with Crippen LogP contribution in [0.15, 0.2) is 18.2 Å². The van der Waals surface area contributed by atoms with Crippen molar-refractivity contribution >= 4 is 17.9 Å². The first-order chi connectivity index (χ1) is 10.9. The highest BCUT2D eigenvalue weighted by Gasteiger charge is 2.28. The topological polar surface area (TPSA) is 117 Å². The lowest BCUT2D eigenvalue weighted by atomic mass is 10.1. The average molecular weight is 322 g/mol. The van der Waals surface area contributed by atoms with Crippen molar-refractivity contribution < 1.29 is 28.6 Å². The average Bonchev–Trinajstić information content (AvgIpc) is 2.50. The second kappa shape index (κ2) is 6.99. The van der Waals surface area contributed by atoms with Crippen LogP contribution in [0.4, 0.5) is 4.79 Å². The molecule has 0 saturated heterocycles. The Morgan fingerprint density at radius 3 is 2.43 bits per heavy atom. The van der Waals surface area contributed by atoms with Gasteiger partial charge in [-0.2, -0.15) is 0 Å². The van der Waals surface area contributed by atoms with E-state index in [2.05, 4.69) is 0 Å². The van der Waals surface area contributed by atoms with Gasteiger partial charge in [0.1, 0.15) is 13.2 Å². The molecule has 0 aliphatic carbocycles. The molecular weight excluding hydrogens is 304 g/mol. The number of hydrogen-bond acceptors (Lipinski definition) is 6. The van der Waals surface area contributed by atoms with Crippen molar-refractivity contribution in [3.63, 3.8) is 0 Å². The number of amides is 3. The van der Waals surface area contributed by atoms with Gasteiger partial charge in [0, 0.05) is 0 Å². The number of carbonyl (C=O) groups is 3. The molecule has 124 valence electrons. The second-order valence-electron chi connectivity index (χ2n) is 5.28. The van der Waals surface area contributed by atoms with Gasteiger partial charge in [0.2, 0.25) is 0 Å². The van der Waals surface area contributed by atoms with Crippen molar-refractivity contribution in [2.24, 2.45) is 11.7 Å². The van der Waals surface area contributed by atoms with E-state index in [0.29, 0.717) is 24.7 Å². The largest absolute Gasteiger partial charge is 0.486 e. The van der Waals surface area contributed by atoms with Crippen LogP contribution in [0.1, 0.15) is 24.2 Å². The summed E-state index contributed by atoms with van der Waals surface area (Å²) in [5.74, 6) is -0.831. The van der Waals surface area contributed by atoms with Gasteiger partial charge in [-0.1, -0.05) is 13.8 Å². The highest BCUT2D eigenvalue weighted by atomic mass is 16.6. The van der Waals surface area contributed by atoms with E-state index in [1.165, 1.54) is 12.1 Å². The van der Waals surface area contributed by atoms with E-state index in [0.717, 1.165) is 0 Å². The number of esters is 1. The summed E-state index contributed by atoms with van der Waals surface area (Å²) in [6.07, 6.45) is -1.14. The van der Waals surface area contributed by atoms with Crippen molar-refractivity contribution in [3.05, 3.63) is 23.8 Å². The molecule has 8 nitrogen and oxygen atoms in total. The number of nitrogens with two attached hydrogens (primary N) is 1. The van der Waals surface area contributed by atoms with E-state index in [4.69, 9.17) is 19.9 Å². The van der Waals surface area contributed by atoms with E-state index in [1.54, 1.807) is 19.9 Å². The summed E-state index contributed by atoms with van der Waals surface area (Å²) in [4.78, 5) is 34.9. The number of benzene rings is 1. The Balaban J connectivity index is 2.12. The maximum Gasteiger partial charge on any atom is 0.339 e. The van der Waals surface area contributed by atoms with Gasteiger partial charge in [-0.15, -0.1) is 0 Å². The van der Waals surface area contributed by atoms with Crippen LogP contribution in [0.2, 0.25) is 0 Å². The highest BCUT2D eigenvalue weighted by Crippen LogP contribution is 2.31. The first-order valence-electron chi connectivity index (χ1n) is 7.09. The van der Waals surface area contributed by atoms with Gasteiger partial charge >= 0.3 is 12.0 Å². The fraction of sp³-hybridized carbons (Fsp3) is 0.400. The number of imide groups is 1. The number of rotatable bonds is 4. The van der Waals surface area contributed by atoms with Crippen molar-refractivity contribution in [1.29, 1.82) is 0 Å². The molecule has 1 aliphatic heterocycles. The number of nitrogens with one attached hydrogen (secondary N) is 1. The monoisotopic (exact) mass is 322 g/mol. The summed E-state index contributed by atoms with van der Waals surface area (Å²) in [5, 5.41) is 1.91. The molecule has 0 saturated carbocycles. The summed E-state index contributed by atoms with van der Waals surface area (Å²) in [7, 11) is 0. The van der Waals surface area contributed by atoms with E-state index < -0.39 is 24.0 Å². The molecule has 2 rings (SSSR count). The van der Waals surface area contributed by atoms with Crippen molar-refractivity contribution in [2.45, 2.75) is 20.0 Å². The Morgan fingerprint density at radius 2 is 1.83 bits per heavy atom. The number of fused-ring (bicyclic) bond motifs is 1. The first-order valence-corrected chi connectivity index (χ1v) is 7.09. The maximum atomic E-state index is 12.2. The van der Waals surface area contributed by atoms with Gasteiger partial charge in [-0.05, 0) is 24.1 Å². The number of hydrogen-bond donors (Lipinski definition) is 2. The zero-order valence-electron chi connectivity index (χ0n) is 12.8. The van der Waals surface area contributed by atoms with E-state index in [9.17, 15) is 14.4 Å². The van der Waals surface area contributed by atoms with Crippen LogP contribution in [0, 0.1) is 5.92 Å². The Labute approximate surface area is 132 Å². The van der Waals surface area contributed by atoms with Gasteiger partial charge in [0.05, 0.1) is 5.56 Å². The minimum atomic E-state index is -1.14. The normalized spacial score (nSPS) is 14.0. The minimum Gasteiger partial charge on any atom is -0.486 e. The first kappa shape index (κ1) is 16.6. The standard InChI is InChI=1S/C15H18N2O6/c1-8(2)12(13(18)17-15(16)20)23-14(19)9-3-4-10-11(7-9)22-6-5-21-10/h3-4,7-8,12H,5-6H2,1-2H3,(H3,16,17,18,20)/t12-/m0/s1. The zero-order chi connectivity index (χ0) is 17.0. The lowest BCUT2D eigenvalue weighted by Crippen LogP contribution is -2.45. The molecule has 3 amide bonds. The molecule has 0 aromatic heterocycles. The molecule has 1 aromatic carbocycles. The molecule has 0 spiro atoms. The fourth-order valence-electron chi connectivity index (χ4n) is 2.04. The van der Waals surface area contributed by atoms with Crippen molar-refractivity contribution in [3.8, 4) is 11.5 Å². The van der Waals surface area contributed by atoms with Gasteiger partial charge in [-0.3, -0.25) is 10.1 Å². The van der Waals surface area contributed by atoms with Crippen LogP contribution in [0.3, 0.4) is 0 Å². The number of primary amides is 1. The van der Waals surface area contributed by atoms with Crippen LogP contribution in [0.25, 0.3) is 0 Å². The van der Waals surface area contributed by atoms with Gasteiger partial charge in [0.15, 0.2) is 17.6 Å². The quantitative estimate of drug-likeness (QED) is 0.793. The molecule has 3 N–H and O–H groups in total. The van der Waals surface area contributed by atoms with Gasteiger partial charge < -0.3 is 19.9 Å². The molecule has 0 bridgehead atoms.